The van der Waals surface area contributed by atoms with Crippen molar-refractivity contribution in [3.8, 4) is 0 Å². The van der Waals surface area contributed by atoms with Crippen LogP contribution >= 0.6 is 0 Å². The zero-order valence-electron chi connectivity index (χ0n) is 19.7. The average molecular weight is 438 g/mol. The number of methoxy groups -OCH3 is 1. The van der Waals surface area contributed by atoms with Gasteiger partial charge < -0.3 is 20.5 Å². The van der Waals surface area contributed by atoms with Gasteiger partial charge in [0.2, 0.25) is 0 Å². The van der Waals surface area contributed by atoms with Crippen LogP contribution in [0.15, 0.2) is 17.1 Å². The number of hydrogen-bond donors (Lipinski definition) is 2. The van der Waals surface area contributed by atoms with Crippen LogP contribution in [0.2, 0.25) is 0 Å². The maximum Gasteiger partial charge on any atom is 0.312 e. The van der Waals surface area contributed by atoms with Crippen molar-refractivity contribution < 1.29 is 19.4 Å². The second kappa shape index (κ2) is 15.7. The maximum absolute atomic E-state index is 12.6. The van der Waals surface area contributed by atoms with Gasteiger partial charge in [0.25, 0.3) is 6.47 Å². The van der Waals surface area contributed by atoms with Gasteiger partial charge in [-0.05, 0) is 38.5 Å². The summed E-state index contributed by atoms with van der Waals surface area (Å²) < 4.78 is 5.16. The summed E-state index contributed by atoms with van der Waals surface area (Å²) in [7, 11) is 1.49. The number of carbonyl (C=O) groups is 2. The van der Waals surface area contributed by atoms with Gasteiger partial charge >= 0.3 is 5.97 Å². The molecule has 7 nitrogen and oxygen atoms in total. The molecule has 2 aliphatic heterocycles. The van der Waals surface area contributed by atoms with Gasteiger partial charge in [-0.15, -0.1) is 0 Å². The second-order valence-electron chi connectivity index (χ2n) is 8.47. The van der Waals surface area contributed by atoms with Crippen LogP contribution in [0, 0.1) is 5.92 Å². The molecule has 0 aromatic heterocycles. The molecule has 31 heavy (non-hydrogen) atoms. The number of carbonyl (C=O) groups excluding carboxylic acids is 1. The van der Waals surface area contributed by atoms with Crippen molar-refractivity contribution >= 4 is 18.4 Å². The van der Waals surface area contributed by atoms with Gasteiger partial charge in [0.05, 0.1) is 19.1 Å². The first kappa shape index (κ1) is 27.0. The van der Waals surface area contributed by atoms with E-state index in [2.05, 4.69) is 30.9 Å². The molecule has 0 saturated carbocycles. The van der Waals surface area contributed by atoms with E-state index in [1.807, 2.05) is 0 Å². The molecule has 2 unspecified atom stereocenters. The van der Waals surface area contributed by atoms with E-state index >= 15 is 0 Å². The molecule has 0 spiro atoms. The third-order valence-corrected chi connectivity index (χ3v) is 6.31. The third-order valence-electron chi connectivity index (χ3n) is 6.31. The van der Waals surface area contributed by atoms with Gasteiger partial charge in [-0.2, -0.15) is 0 Å². The molecule has 0 bridgehead atoms. The molecule has 1 saturated heterocycles. The number of fused-ring (bicyclic) bond motifs is 1. The van der Waals surface area contributed by atoms with Gasteiger partial charge in [-0.1, -0.05) is 64.5 Å². The largest absolute Gasteiger partial charge is 0.483 e. The normalized spacial score (nSPS) is 24.9. The minimum Gasteiger partial charge on any atom is -0.483 e. The summed E-state index contributed by atoms with van der Waals surface area (Å²) in [5.41, 5.74) is 6.39. The summed E-state index contributed by atoms with van der Waals surface area (Å²) in [4.78, 5) is 27.9. The van der Waals surface area contributed by atoms with Crippen LogP contribution in [-0.2, 0) is 14.3 Å². The zero-order chi connectivity index (χ0) is 23.1. The number of esters is 1. The van der Waals surface area contributed by atoms with Crippen LogP contribution in [0.5, 0.6) is 0 Å². The fourth-order valence-electron chi connectivity index (χ4n) is 4.78. The Morgan fingerprint density at radius 2 is 1.84 bits per heavy atom. The summed E-state index contributed by atoms with van der Waals surface area (Å²) in [5, 5.41) is 6.89. The lowest BCUT2D eigenvalue weighted by Crippen LogP contribution is -2.56. The van der Waals surface area contributed by atoms with Crippen molar-refractivity contribution in [2.24, 2.45) is 16.6 Å². The summed E-state index contributed by atoms with van der Waals surface area (Å²) >= 11 is 0. The molecule has 178 valence electrons. The summed E-state index contributed by atoms with van der Waals surface area (Å²) in [6.07, 6.45) is 18.3. The minimum atomic E-state index is -0.250. The molecule has 0 aromatic rings. The number of allylic oxidation sites excluding steroid dienone is 1. The number of nitrogens with zero attached hydrogens (tertiary/aromatic N) is 2. The van der Waals surface area contributed by atoms with E-state index < -0.39 is 0 Å². The summed E-state index contributed by atoms with van der Waals surface area (Å²) in [5.74, 6) is 0.322. The van der Waals surface area contributed by atoms with Crippen LogP contribution in [0.4, 0.5) is 0 Å². The molecule has 2 heterocycles. The van der Waals surface area contributed by atoms with Crippen LogP contribution in [0.3, 0.4) is 0 Å². The van der Waals surface area contributed by atoms with Crippen LogP contribution in [-0.4, -0.2) is 53.6 Å². The van der Waals surface area contributed by atoms with Crippen molar-refractivity contribution in [1.29, 1.82) is 0 Å². The number of nitrogens with two attached hydrogens (primary N) is 1. The predicted molar refractivity (Wildman–Crippen MR) is 125 cm³/mol. The second-order valence-corrected chi connectivity index (χ2v) is 8.47. The molecule has 0 aliphatic carbocycles. The van der Waals surface area contributed by atoms with Crippen molar-refractivity contribution in [3.63, 3.8) is 0 Å². The summed E-state index contributed by atoms with van der Waals surface area (Å²) in [6.45, 7) is 4.18. The highest BCUT2D eigenvalue weighted by Gasteiger charge is 2.48. The van der Waals surface area contributed by atoms with Crippen LogP contribution < -0.4 is 5.73 Å². The maximum atomic E-state index is 12.6. The number of ether oxygens (including phenoxy) is 1. The van der Waals surface area contributed by atoms with Crippen molar-refractivity contribution in [3.05, 3.63) is 12.2 Å². The van der Waals surface area contributed by atoms with E-state index in [1.54, 1.807) is 0 Å². The predicted octanol–water partition coefficient (Wildman–Crippen LogP) is 4.50. The molecular weight excluding hydrogens is 394 g/mol. The van der Waals surface area contributed by atoms with Crippen LogP contribution in [0.25, 0.3) is 0 Å². The molecule has 0 amide bonds. The SMILES string of the molecule is CCCCCC/C=C\C[C@H]1CCC2C(C(=O)OC)[C@H](CCCCC)N=C(N)N21.O=CO. The Kier molecular flexibility index (Phi) is 13.7. The molecule has 7 heteroatoms. The lowest BCUT2D eigenvalue weighted by Gasteiger charge is -2.41. The van der Waals surface area contributed by atoms with E-state index in [4.69, 9.17) is 25.4 Å². The Bertz CT molecular complexity index is 579. The lowest BCUT2D eigenvalue weighted by atomic mass is 9.86. The van der Waals surface area contributed by atoms with Gasteiger partial charge in [0.15, 0.2) is 5.96 Å². The number of carboxylic acid groups (broad SMARTS) is 1. The Balaban J connectivity index is 0.00000151. The number of rotatable bonds is 12. The summed E-state index contributed by atoms with van der Waals surface area (Å²) in [6, 6.07) is 0.456. The number of hydrogen-bond acceptors (Lipinski definition) is 6. The van der Waals surface area contributed by atoms with E-state index in [1.165, 1.54) is 39.2 Å². The highest BCUT2D eigenvalue weighted by Crippen LogP contribution is 2.38. The first-order chi connectivity index (χ1) is 15.0. The number of unbranched alkanes of at least 4 members (excludes halogenated alkanes) is 6. The zero-order valence-corrected chi connectivity index (χ0v) is 19.7. The Morgan fingerprint density at radius 1 is 1.16 bits per heavy atom. The van der Waals surface area contributed by atoms with Crippen molar-refractivity contribution in [1.82, 2.24) is 4.90 Å². The van der Waals surface area contributed by atoms with E-state index in [0.717, 1.165) is 44.9 Å². The standard InChI is InChI=1S/C23H41N3O2.CH2O2/c1-4-6-8-9-10-11-13-14-18-16-17-20-21(22(27)28-3)19(15-12-7-5-2)25-23(24)26(18)20;2-1-3/h11,13,18-21H,4-10,12,14-17H2,1-3H3,(H2,24,25);1H,(H,2,3)/b13-11-;/t18-,19-,20?,21?;/m0./s1. The monoisotopic (exact) mass is 437 g/mol. The molecule has 0 radical (unpaired) electrons. The van der Waals surface area contributed by atoms with E-state index in [0.29, 0.717) is 12.0 Å². The molecule has 0 aromatic carbocycles. The van der Waals surface area contributed by atoms with Crippen molar-refractivity contribution in [2.45, 2.75) is 109 Å². The van der Waals surface area contributed by atoms with Gasteiger partial charge in [0, 0.05) is 12.1 Å². The highest BCUT2D eigenvalue weighted by molar-refractivity contribution is 5.84. The Morgan fingerprint density at radius 3 is 2.48 bits per heavy atom. The number of guanidine groups is 1. The van der Waals surface area contributed by atoms with E-state index in [9.17, 15) is 4.79 Å². The Hall–Kier alpha value is -2.05. The molecule has 3 N–H and O–H groups in total. The quantitative estimate of drug-likeness (QED) is 0.201. The van der Waals surface area contributed by atoms with Crippen LogP contribution in [0.1, 0.15) is 90.9 Å². The molecule has 2 rings (SSSR count). The lowest BCUT2D eigenvalue weighted by molar-refractivity contribution is -0.148. The minimum absolute atomic E-state index is 0.0342. The Labute approximate surface area is 188 Å². The average Bonchev–Trinajstić information content (AvgIpc) is 3.18. The molecular formula is C24H43N3O4. The van der Waals surface area contributed by atoms with E-state index in [-0.39, 0.29) is 30.4 Å². The number of aliphatic imine (C=N–C) groups is 1. The smallest absolute Gasteiger partial charge is 0.312 e. The van der Waals surface area contributed by atoms with Gasteiger partial charge in [0.1, 0.15) is 0 Å². The first-order valence-corrected chi connectivity index (χ1v) is 12.0. The topological polar surface area (TPSA) is 105 Å². The molecule has 2 aliphatic rings. The highest BCUT2D eigenvalue weighted by atomic mass is 16.5. The van der Waals surface area contributed by atoms with Gasteiger partial charge in [-0.3, -0.25) is 9.59 Å². The van der Waals surface area contributed by atoms with Crippen molar-refractivity contribution in [2.75, 3.05) is 7.11 Å². The third kappa shape index (κ3) is 8.54. The fraction of sp³-hybridized carbons (Fsp3) is 0.792. The fourth-order valence-corrected chi connectivity index (χ4v) is 4.78. The first-order valence-electron chi connectivity index (χ1n) is 12.0. The molecule has 4 atom stereocenters. The molecule has 1 fully saturated rings. The van der Waals surface area contributed by atoms with Gasteiger partial charge in [-0.25, -0.2) is 4.99 Å².